The summed E-state index contributed by atoms with van der Waals surface area (Å²) < 4.78 is 44.3. The maximum atomic E-state index is 14.6. The first-order chi connectivity index (χ1) is 13.1. The summed E-state index contributed by atoms with van der Waals surface area (Å²) in [6.07, 6.45) is 2.39. The molecular formula is C18H17F2N3O4. The van der Waals surface area contributed by atoms with Crippen molar-refractivity contribution in [1.82, 2.24) is 10.5 Å². The number of benzene rings is 1. The van der Waals surface area contributed by atoms with Crippen LogP contribution in [0.15, 0.2) is 35.1 Å². The number of halogens is 2. The van der Waals surface area contributed by atoms with E-state index in [9.17, 15) is 13.6 Å². The van der Waals surface area contributed by atoms with Gasteiger partial charge in [0.2, 0.25) is 0 Å². The molecule has 1 amide bonds. The normalized spacial score (nSPS) is 19.8. The minimum atomic E-state index is -0.701. The highest BCUT2D eigenvalue weighted by Gasteiger charge is 2.34. The van der Waals surface area contributed by atoms with Gasteiger partial charge in [-0.05, 0) is 35.8 Å². The van der Waals surface area contributed by atoms with Gasteiger partial charge in [-0.15, -0.1) is 0 Å². The van der Waals surface area contributed by atoms with E-state index in [0.717, 1.165) is 12.1 Å². The molecule has 1 saturated heterocycles. The Labute approximate surface area is 153 Å². The molecular weight excluding hydrogens is 360 g/mol. The Hall–Kier alpha value is -2.94. The average molecular weight is 377 g/mol. The van der Waals surface area contributed by atoms with Gasteiger partial charge >= 0.3 is 6.09 Å². The number of amides is 1. The van der Waals surface area contributed by atoms with Crippen molar-refractivity contribution in [2.45, 2.75) is 12.5 Å². The van der Waals surface area contributed by atoms with Crippen molar-refractivity contribution >= 4 is 17.4 Å². The van der Waals surface area contributed by atoms with Gasteiger partial charge in [0.1, 0.15) is 24.5 Å². The Morgan fingerprint density at radius 3 is 2.81 bits per heavy atom. The van der Waals surface area contributed by atoms with Crippen molar-refractivity contribution in [3.05, 3.63) is 47.7 Å². The van der Waals surface area contributed by atoms with Gasteiger partial charge in [0.05, 0.1) is 12.2 Å². The molecule has 1 N–H and O–H groups in total. The molecule has 4 rings (SSSR count). The van der Waals surface area contributed by atoms with Gasteiger partial charge in [-0.2, -0.15) is 0 Å². The molecule has 1 aromatic carbocycles. The van der Waals surface area contributed by atoms with E-state index in [1.54, 1.807) is 6.08 Å². The first-order valence-corrected chi connectivity index (χ1v) is 8.52. The topological polar surface area (TPSA) is 76.8 Å². The second kappa shape index (κ2) is 7.36. The van der Waals surface area contributed by atoms with Crippen molar-refractivity contribution in [2.24, 2.45) is 0 Å². The predicted octanol–water partition coefficient (Wildman–Crippen LogP) is 2.73. The van der Waals surface area contributed by atoms with Crippen molar-refractivity contribution in [3.8, 4) is 5.88 Å². The largest absolute Gasteiger partial charge is 0.471 e. The fraction of sp³-hybridized carbons (Fsp3) is 0.333. The number of hydrogen-bond acceptors (Lipinski definition) is 6. The Morgan fingerprint density at radius 2 is 2.15 bits per heavy atom. The lowest BCUT2D eigenvalue weighted by molar-refractivity contribution is 0.102. The van der Waals surface area contributed by atoms with Crippen molar-refractivity contribution in [1.29, 1.82) is 0 Å². The molecule has 0 saturated carbocycles. The lowest BCUT2D eigenvalue weighted by Crippen LogP contribution is -2.27. The summed E-state index contributed by atoms with van der Waals surface area (Å²) in [6.45, 7) is 1.40. The Morgan fingerprint density at radius 1 is 1.33 bits per heavy atom. The molecule has 27 heavy (non-hydrogen) atoms. The van der Waals surface area contributed by atoms with Crippen LogP contribution in [-0.4, -0.2) is 43.6 Å². The van der Waals surface area contributed by atoms with Gasteiger partial charge in [-0.1, -0.05) is 6.08 Å². The molecule has 0 spiro atoms. The van der Waals surface area contributed by atoms with E-state index in [1.807, 2.05) is 0 Å². The van der Waals surface area contributed by atoms with Crippen molar-refractivity contribution in [2.75, 3.05) is 31.1 Å². The van der Waals surface area contributed by atoms with Gasteiger partial charge in [-0.25, -0.2) is 13.6 Å². The number of cyclic esters (lactones) is 1. The summed E-state index contributed by atoms with van der Waals surface area (Å²) in [6, 6.07) is 3.83. The summed E-state index contributed by atoms with van der Waals surface area (Å²) in [7, 11) is 0. The average Bonchev–Trinajstić information content (AvgIpc) is 3.29. The van der Waals surface area contributed by atoms with E-state index in [2.05, 4.69) is 15.0 Å². The van der Waals surface area contributed by atoms with Crippen LogP contribution in [0, 0.1) is 11.6 Å². The predicted molar refractivity (Wildman–Crippen MR) is 91.4 cm³/mol. The number of anilines is 1. The number of nitrogens with one attached hydrogen (secondary N) is 1. The molecule has 2 aliphatic rings. The van der Waals surface area contributed by atoms with E-state index >= 15 is 0 Å². The van der Waals surface area contributed by atoms with Crippen LogP contribution in [0.5, 0.6) is 5.88 Å². The highest BCUT2D eigenvalue weighted by molar-refractivity contribution is 5.90. The third-order valence-electron chi connectivity index (χ3n) is 4.43. The van der Waals surface area contributed by atoms with Gasteiger partial charge in [0.25, 0.3) is 5.88 Å². The van der Waals surface area contributed by atoms with Crippen molar-refractivity contribution < 1.29 is 27.6 Å². The number of aromatic nitrogens is 1. The van der Waals surface area contributed by atoms with Crippen LogP contribution >= 0.6 is 0 Å². The fourth-order valence-electron chi connectivity index (χ4n) is 3.15. The van der Waals surface area contributed by atoms with E-state index < -0.39 is 23.8 Å². The molecule has 1 aromatic heterocycles. The van der Waals surface area contributed by atoms with Crippen LogP contribution in [0.4, 0.5) is 19.3 Å². The number of rotatable bonds is 5. The maximum Gasteiger partial charge on any atom is 0.414 e. The number of carbonyl (C=O) groups is 1. The van der Waals surface area contributed by atoms with E-state index in [0.29, 0.717) is 25.1 Å². The number of ether oxygens (including phenoxy) is 2. The SMILES string of the molecule is O=C1O[C@@H](COc2ccon2)CN1c1cc(F)c(C2=CCNCC2)c(F)c1. The minimum Gasteiger partial charge on any atom is -0.471 e. The van der Waals surface area contributed by atoms with E-state index in [-0.39, 0.29) is 30.3 Å². The molecule has 2 aliphatic heterocycles. The lowest BCUT2D eigenvalue weighted by Gasteiger charge is -2.18. The van der Waals surface area contributed by atoms with Crippen molar-refractivity contribution in [3.63, 3.8) is 0 Å². The van der Waals surface area contributed by atoms with Gasteiger partial charge in [0, 0.05) is 18.2 Å². The zero-order chi connectivity index (χ0) is 18.8. The Kier molecular flexibility index (Phi) is 4.76. The van der Waals surface area contributed by atoms with Gasteiger partial charge in [-0.3, -0.25) is 4.90 Å². The van der Waals surface area contributed by atoms with Crippen LogP contribution in [0.2, 0.25) is 0 Å². The highest BCUT2D eigenvalue weighted by Crippen LogP contribution is 2.31. The molecule has 2 aromatic rings. The standard InChI is InChI=1S/C18H17F2N3O4/c19-14-7-12(8-15(20)17(14)11-1-4-21-5-2-11)23-9-13(27-18(23)24)10-25-16-3-6-26-22-16/h1,3,6-8,13,21H,2,4-5,9-10H2/t13-/m1/s1. The van der Waals surface area contributed by atoms with Crippen LogP contribution in [0.25, 0.3) is 5.57 Å². The lowest BCUT2D eigenvalue weighted by atomic mass is 9.98. The zero-order valence-corrected chi connectivity index (χ0v) is 14.3. The first-order valence-electron chi connectivity index (χ1n) is 8.52. The molecule has 0 aliphatic carbocycles. The fourth-order valence-corrected chi connectivity index (χ4v) is 3.15. The minimum absolute atomic E-state index is 0.0428. The second-order valence-corrected chi connectivity index (χ2v) is 6.23. The summed E-state index contributed by atoms with van der Waals surface area (Å²) >= 11 is 0. The summed E-state index contributed by atoms with van der Waals surface area (Å²) in [5.74, 6) is -1.14. The summed E-state index contributed by atoms with van der Waals surface area (Å²) in [4.78, 5) is 13.3. The van der Waals surface area contributed by atoms with E-state index in [1.165, 1.54) is 17.2 Å². The summed E-state index contributed by atoms with van der Waals surface area (Å²) in [5, 5.41) is 6.69. The molecule has 1 atom stereocenters. The first kappa shape index (κ1) is 17.5. The Bertz CT molecular complexity index is 846. The molecule has 1 fully saturated rings. The van der Waals surface area contributed by atoms with E-state index in [4.69, 9.17) is 9.47 Å². The smallest absolute Gasteiger partial charge is 0.414 e. The third-order valence-corrected chi connectivity index (χ3v) is 4.43. The molecule has 3 heterocycles. The second-order valence-electron chi connectivity index (χ2n) is 6.23. The van der Waals surface area contributed by atoms with Crippen LogP contribution in [-0.2, 0) is 4.74 Å². The molecule has 0 radical (unpaired) electrons. The molecule has 0 unspecified atom stereocenters. The molecule has 9 heteroatoms. The van der Waals surface area contributed by atoms with Gasteiger partial charge in [0.15, 0.2) is 6.10 Å². The molecule has 7 nitrogen and oxygen atoms in total. The van der Waals surface area contributed by atoms with Crippen LogP contribution < -0.4 is 15.0 Å². The zero-order valence-electron chi connectivity index (χ0n) is 14.3. The van der Waals surface area contributed by atoms with Crippen LogP contribution in [0.1, 0.15) is 12.0 Å². The number of hydrogen-bond donors (Lipinski definition) is 1. The van der Waals surface area contributed by atoms with Gasteiger partial charge < -0.3 is 19.3 Å². The van der Waals surface area contributed by atoms with Crippen LogP contribution in [0.3, 0.4) is 0 Å². The Balaban J connectivity index is 1.49. The molecule has 0 bridgehead atoms. The number of carbonyl (C=O) groups excluding carboxylic acids is 1. The summed E-state index contributed by atoms with van der Waals surface area (Å²) in [5.41, 5.74) is 0.689. The highest BCUT2D eigenvalue weighted by atomic mass is 19.1. The third kappa shape index (κ3) is 3.63. The maximum absolute atomic E-state index is 14.6. The monoisotopic (exact) mass is 377 g/mol. The quantitative estimate of drug-likeness (QED) is 0.864. The number of nitrogens with zero attached hydrogens (tertiary/aromatic N) is 2. The molecule has 142 valence electrons.